The van der Waals surface area contributed by atoms with Crippen LogP contribution in [-0.2, 0) is 19.6 Å². The van der Waals surface area contributed by atoms with Gasteiger partial charge in [0.1, 0.15) is 18.6 Å². The molecule has 8 nitrogen and oxygen atoms in total. The number of aldehydes is 1. The zero-order valence-electron chi connectivity index (χ0n) is 17.9. The van der Waals surface area contributed by atoms with Crippen molar-refractivity contribution in [1.29, 1.82) is 0 Å². The molecule has 0 saturated carbocycles. The van der Waals surface area contributed by atoms with Gasteiger partial charge in [-0.1, -0.05) is 18.2 Å². The molecule has 0 unspecified atom stereocenters. The van der Waals surface area contributed by atoms with Crippen molar-refractivity contribution in [3.05, 3.63) is 82.6 Å². The van der Waals surface area contributed by atoms with Crippen molar-refractivity contribution in [3.8, 4) is 5.75 Å². The first-order valence-corrected chi connectivity index (χ1v) is 10.3. The fraction of sp³-hybridized carbons (Fsp3) is 0.292. The summed E-state index contributed by atoms with van der Waals surface area (Å²) < 4.78 is 11.0. The van der Waals surface area contributed by atoms with Crippen molar-refractivity contribution in [3.63, 3.8) is 0 Å². The maximum atomic E-state index is 12.2. The molecular weight excluding hydrogens is 410 g/mol. The Bertz CT molecular complexity index is 1050. The maximum absolute atomic E-state index is 12.2. The number of ether oxygens (including phenoxy) is 1. The fourth-order valence-corrected chi connectivity index (χ4v) is 3.19. The van der Waals surface area contributed by atoms with E-state index in [2.05, 4.69) is 10.3 Å². The number of aliphatic hydroxyl groups is 1. The molecule has 0 aliphatic rings. The molecule has 1 aromatic heterocycles. The molecule has 1 atom stereocenters. The molecular formula is C24H27N3O5. The monoisotopic (exact) mass is 437 g/mol. The van der Waals surface area contributed by atoms with E-state index in [9.17, 15) is 14.7 Å². The summed E-state index contributed by atoms with van der Waals surface area (Å²) in [5.41, 5.74) is 9.58. The Kier molecular flexibility index (Phi) is 8.13. The molecule has 0 spiro atoms. The van der Waals surface area contributed by atoms with Crippen molar-refractivity contribution in [2.24, 2.45) is 5.73 Å². The minimum Gasteiger partial charge on any atom is -0.486 e. The van der Waals surface area contributed by atoms with E-state index in [1.165, 1.54) is 6.39 Å². The van der Waals surface area contributed by atoms with E-state index < -0.39 is 6.10 Å². The summed E-state index contributed by atoms with van der Waals surface area (Å²) in [7, 11) is 0. The smallest absolute Gasteiger partial charge is 0.251 e. The van der Waals surface area contributed by atoms with Crippen LogP contribution in [0.1, 0.15) is 49.7 Å². The molecule has 0 aliphatic heterocycles. The number of hydrogen-bond donors (Lipinski definition) is 3. The Hall–Kier alpha value is -3.49. The van der Waals surface area contributed by atoms with Crippen LogP contribution in [0.4, 0.5) is 0 Å². The average molecular weight is 437 g/mol. The van der Waals surface area contributed by atoms with Gasteiger partial charge in [0.2, 0.25) is 0 Å². The van der Waals surface area contributed by atoms with E-state index in [1.54, 1.807) is 24.3 Å². The van der Waals surface area contributed by atoms with Crippen LogP contribution in [0.3, 0.4) is 0 Å². The molecule has 4 N–H and O–H groups in total. The second-order valence-corrected chi connectivity index (χ2v) is 7.43. The topological polar surface area (TPSA) is 128 Å². The van der Waals surface area contributed by atoms with E-state index in [1.807, 2.05) is 25.1 Å². The highest BCUT2D eigenvalue weighted by molar-refractivity contribution is 5.94. The number of nitrogens with zero attached hydrogens (tertiary/aromatic N) is 1. The third-order valence-corrected chi connectivity index (χ3v) is 5.17. The van der Waals surface area contributed by atoms with Crippen molar-refractivity contribution >= 4 is 12.2 Å². The molecule has 3 rings (SSSR count). The lowest BCUT2D eigenvalue weighted by Crippen LogP contribution is -2.32. The number of carbonyl (C=O) groups is 2. The summed E-state index contributed by atoms with van der Waals surface area (Å²) >= 11 is 0. The standard InChI is InChI=1S/C24H27N3O5/c1-16-23(32-15-27-16)14-31-22-9-7-18(20(10-22)11-25)6-8-21(29)12-26-24(30)19-4-2-17(13-28)3-5-19/h2-5,7,9-10,13,15,21,29H,6,8,11-12,14,25H2,1H3,(H,26,30)/t21-/m0/s1. The Morgan fingerprint density at radius 2 is 2.03 bits per heavy atom. The van der Waals surface area contributed by atoms with Gasteiger partial charge < -0.3 is 25.3 Å². The Labute approximate surface area is 186 Å². The van der Waals surface area contributed by atoms with Gasteiger partial charge in [0, 0.05) is 24.2 Å². The minimum atomic E-state index is -0.704. The van der Waals surface area contributed by atoms with Gasteiger partial charge in [-0.2, -0.15) is 0 Å². The van der Waals surface area contributed by atoms with Crippen LogP contribution in [0.25, 0.3) is 0 Å². The van der Waals surface area contributed by atoms with Crippen LogP contribution in [0, 0.1) is 6.92 Å². The van der Waals surface area contributed by atoms with Gasteiger partial charge in [-0.25, -0.2) is 4.98 Å². The molecule has 0 bridgehead atoms. The first-order chi connectivity index (χ1) is 15.5. The third-order valence-electron chi connectivity index (χ3n) is 5.17. The normalized spacial score (nSPS) is 11.7. The van der Waals surface area contributed by atoms with E-state index in [0.29, 0.717) is 42.0 Å². The second kappa shape index (κ2) is 11.2. The molecule has 0 aliphatic carbocycles. The summed E-state index contributed by atoms with van der Waals surface area (Å²) in [6.07, 6.45) is 2.48. The van der Waals surface area contributed by atoms with Crippen LogP contribution < -0.4 is 15.8 Å². The van der Waals surface area contributed by atoms with Gasteiger partial charge in [-0.15, -0.1) is 0 Å². The minimum absolute atomic E-state index is 0.129. The van der Waals surface area contributed by atoms with E-state index in [4.69, 9.17) is 14.9 Å². The Balaban J connectivity index is 1.48. The van der Waals surface area contributed by atoms with Gasteiger partial charge in [0.15, 0.2) is 12.2 Å². The summed E-state index contributed by atoms with van der Waals surface area (Å²) in [6, 6.07) is 12.0. The first-order valence-electron chi connectivity index (χ1n) is 10.3. The number of aryl methyl sites for hydroxylation is 2. The van der Waals surface area contributed by atoms with E-state index in [-0.39, 0.29) is 19.1 Å². The number of amides is 1. The predicted octanol–water partition coefficient (Wildman–Crippen LogP) is 2.56. The Morgan fingerprint density at radius 3 is 2.69 bits per heavy atom. The number of hydrogen-bond acceptors (Lipinski definition) is 7. The lowest BCUT2D eigenvalue weighted by Gasteiger charge is -2.15. The van der Waals surface area contributed by atoms with Gasteiger partial charge in [-0.05, 0) is 55.2 Å². The van der Waals surface area contributed by atoms with Gasteiger partial charge in [0.05, 0.1) is 11.8 Å². The zero-order valence-corrected chi connectivity index (χ0v) is 17.9. The first kappa shape index (κ1) is 23.2. The molecule has 1 heterocycles. The van der Waals surface area contributed by atoms with Crippen LogP contribution >= 0.6 is 0 Å². The summed E-state index contributed by atoms with van der Waals surface area (Å²) in [6.45, 7) is 2.61. The molecule has 168 valence electrons. The summed E-state index contributed by atoms with van der Waals surface area (Å²) in [5.74, 6) is 1.05. The predicted molar refractivity (Wildman–Crippen MR) is 118 cm³/mol. The lowest BCUT2D eigenvalue weighted by molar-refractivity contribution is 0.0910. The molecule has 0 saturated heterocycles. The van der Waals surface area contributed by atoms with Crippen molar-refractivity contribution in [1.82, 2.24) is 10.3 Å². The molecule has 8 heteroatoms. The number of rotatable bonds is 11. The summed E-state index contributed by atoms with van der Waals surface area (Å²) in [5, 5.41) is 13.0. The summed E-state index contributed by atoms with van der Waals surface area (Å²) in [4.78, 5) is 26.9. The highest BCUT2D eigenvalue weighted by Gasteiger charge is 2.12. The van der Waals surface area contributed by atoms with Crippen LogP contribution in [0.15, 0.2) is 53.3 Å². The number of aromatic nitrogens is 1. The van der Waals surface area contributed by atoms with Crippen molar-refractivity contribution in [2.45, 2.75) is 39.0 Å². The molecule has 0 radical (unpaired) electrons. The Morgan fingerprint density at radius 1 is 1.25 bits per heavy atom. The van der Waals surface area contributed by atoms with Gasteiger partial charge in [-0.3, -0.25) is 9.59 Å². The number of benzene rings is 2. The number of oxazole rings is 1. The number of nitrogens with two attached hydrogens (primary N) is 1. The van der Waals surface area contributed by atoms with E-state index >= 15 is 0 Å². The zero-order chi connectivity index (χ0) is 22.9. The molecule has 3 aromatic rings. The van der Waals surface area contributed by atoms with Crippen LogP contribution in [0.2, 0.25) is 0 Å². The maximum Gasteiger partial charge on any atom is 0.251 e. The molecule has 1 amide bonds. The molecule has 32 heavy (non-hydrogen) atoms. The van der Waals surface area contributed by atoms with Crippen LogP contribution in [-0.4, -0.2) is 34.9 Å². The molecule has 2 aromatic carbocycles. The van der Waals surface area contributed by atoms with Gasteiger partial charge in [0.25, 0.3) is 5.91 Å². The number of aliphatic hydroxyl groups excluding tert-OH is 1. The van der Waals surface area contributed by atoms with E-state index in [0.717, 1.165) is 23.1 Å². The highest BCUT2D eigenvalue weighted by atomic mass is 16.5. The van der Waals surface area contributed by atoms with Gasteiger partial charge >= 0.3 is 0 Å². The highest BCUT2D eigenvalue weighted by Crippen LogP contribution is 2.21. The van der Waals surface area contributed by atoms with Crippen molar-refractivity contribution < 1.29 is 23.8 Å². The van der Waals surface area contributed by atoms with Crippen molar-refractivity contribution in [2.75, 3.05) is 6.54 Å². The average Bonchev–Trinajstić information content (AvgIpc) is 3.24. The third kappa shape index (κ3) is 6.26. The largest absolute Gasteiger partial charge is 0.486 e. The fourth-order valence-electron chi connectivity index (χ4n) is 3.19. The van der Waals surface area contributed by atoms with Crippen LogP contribution in [0.5, 0.6) is 5.75 Å². The molecule has 0 fully saturated rings. The number of carbonyl (C=O) groups excluding carboxylic acids is 2. The quantitative estimate of drug-likeness (QED) is 0.393. The SMILES string of the molecule is Cc1ncoc1COc1ccc(CC[C@H](O)CNC(=O)c2ccc(C=O)cc2)c(CN)c1. The lowest BCUT2D eigenvalue weighted by atomic mass is 10.0. The second-order valence-electron chi connectivity index (χ2n) is 7.43. The number of nitrogens with one attached hydrogen (secondary N) is 1.